The number of amides is 1. The molecule has 30 heavy (non-hydrogen) atoms. The molecule has 7 heteroatoms. The summed E-state index contributed by atoms with van der Waals surface area (Å²) in [5.41, 5.74) is 1.51. The van der Waals surface area contributed by atoms with Gasteiger partial charge in [0.15, 0.2) is 0 Å². The standard InChI is InChI=1S/C23H25N5O2/c1-2-18-13-28(22(29)30-14-17-7-4-3-5-8-17)23(18)10-6-12-27(15-23)21-19-9-11-24-20(19)25-16-26-21/h2-5,7-9,11,16,18H,1,6,10,12-15H2,(H,24,25,26)/t18-,23-/m0/s1. The van der Waals surface area contributed by atoms with Crippen molar-refractivity contribution in [3.05, 3.63) is 67.1 Å². The van der Waals surface area contributed by atoms with Crippen LogP contribution in [-0.4, -0.2) is 51.1 Å². The number of ether oxygens (including phenoxy) is 1. The van der Waals surface area contributed by atoms with E-state index in [2.05, 4.69) is 26.4 Å². The van der Waals surface area contributed by atoms with E-state index in [1.807, 2.05) is 53.6 Å². The number of aromatic amines is 1. The molecule has 0 unspecified atom stereocenters. The Kier molecular flexibility index (Phi) is 4.65. The molecule has 2 aromatic heterocycles. The van der Waals surface area contributed by atoms with Gasteiger partial charge in [0.1, 0.15) is 24.4 Å². The molecule has 2 fully saturated rings. The van der Waals surface area contributed by atoms with Crippen molar-refractivity contribution in [1.82, 2.24) is 19.9 Å². The number of nitrogens with one attached hydrogen (secondary N) is 1. The van der Waals surface area contributed by atoms with E-state index in [4.69, 9.17) is 4.74 Å². The van der Waals surface area contributed by atoms with Crippen LogP contribution in [0.15, 0.2) is 61.6 Å². The molecule has 0 bridgehead atoms. The third-order valence-electron chi connectivity index (χ3n) is 6.45. The predicted molar refractivity (Wildman–Crippen MR) is 115 cm³/mol. The Morgan fingerprint density at radius 1 is 1.30 bits per heavy atom. The minimum atomic E-state index is -0.304. The summed E-state index contributed by atoms with van der Waals surface area (Å²) in [4.78, 5) is 29.1. The molecule has 2 aliphatic rings. The number of hydrogen-bond acceptors (Lipinski definition) is 5. The van der Waals surface area contributed by atoms with Gasteiger partial charge in [0, 0.05) is 31.7 Å². The lowest BCUT2D eigenvalue weighted by molar-refractivity contribution is -0.0587. The van der Waals surface area contributed by atoms with E-state index in [1.165, 1.54) is 0 Å². The van der Waals surface area contributed by atoms with Gasteiger partial charge in [-0.05, 0) is 24.5 Å². The Morgan fingerprint density at radius 3 is 3.00 bits per heavy atom. The summed E-state index contributed by atoms with van der Waals surface area (Å²) >= 11 is 0. The Hall–Kier alpha value is -3.35. The predicted octanol–water partition coefficient (Wildman–Crippen LogP) is 3.75. The van der Waals surface area contributed by atoms with Gasteiger partial charge in [-0.2, -0.15) is 0 Å². The van der Waals surface area contributed by atoms with Gasteiger partial charge in [0.2, 0.25) is 0 Å². The molecular formula is C23H25N5O2. The molecule has 0 aliphatic carbocycles. The highest BCUT2D eigenvalue weighted by atomic mass is 16.6. The summed E-state index contributed by atoms with van der Waals surface area (Å²) < 4.78 is 5.65. The van der Waals surface area contributed by atoms with Crippen LogP contribution in [0.4, 0.5) is 10.6 Å². The molecule has 2 aliphatic heterocycles. The van der Waals surface area contributed by atoms with E-state index < -0.39 is 0 Å². The van der Waals surface area contributed by atoms with E-state index in [0.717, 1.165) is 41.8 Å². The zero-order valence-corrected chi connectivity index (χ0v) is 16.8. The molecule has 3 aromatic rings. The van der Waals surface area contributed by atoms with Crippen molar-refractivity contribution in [2.24, 2.45) is 5.92 Å². The number of fused-ring (bicyclic) bond motifs is 1. The Balaban J connectivity index is 1.37. The maximum Gasteiger partial charge on any atom is 0.410 e. The van der Waals surface area contributed by atoms with E-state index in [-0.39, 0.29) is 24.2 Å². The molecular weight excluding hydrogens is 378 g/mol. The molecule has 4 heterocycles. The van der Waals surface area contributed by atoms with E-state index >= 15 is 0 Å². The van der Waals surface area contributed by atoms with Crippen molar-refractivity contribution in [2.75, 3.05) is 24.5 Å². The van der Waals surface area contributed by atoms with Gasteiger partial charge in [-0.15, -0.1) is 6.58 Å². The normalized spacial score (nSPS) is 23.4. The molecule has 7 nitrogen and oxygen atoms in total. The van der Waals surface area contributed by atoms with Crippen LogP contribution in [0, 0.1) is 5.92 Å². The van der Waals surface area contributed by atoms with Gasteiger partial charge in [-0.3, -0.25) is 4.90 Å². The van der Waals surface area contributed by atoms with Crippen molar-refractivity contribution in [3.8, 4) is 0 Å². The summed E-state index contributed by atoms with van der Waals surface area (Å²) in [5.74, 6) is 1.15. The molecule has 0 saturated carbocycles. The number of nitrogens with zero attached hydrogens (tertiary/aromatic N) is 4. The lowest BCUT2D eigenvalue weighted by atomic mass is 9.69. The Morgan fingerprint density at radius 2 is 2.17 bits per heavy atom. The molecule has 1 aromatic carbocycles. The molecule has 2 saturated heterocycles. The van der Waals surface area contributed by atoms with Crippen molar-refractivity contribution in [2.45, 2.75) is 25.0 Å². The van der Waals surface area contributed by atoms with Crippen molar-refractivity contribution < 1.29 is 9.53 Å². The lowest BCUT2D eigenvalue weighted by Crippen LogP contribution is -2.73. The number of hydrogen-bond donors (Lipinski definition) is 1. The van der Waals surface area contributed by atoms with Crippen molar-refractivity contribution in [3.63, 3.8) is 0 Å². The fourth-order valence-electron chi connectivity index (χ4n) is 4.86. The molecule has 0 radical (unpaired) electrons. The van der Waals surface area contributed by atoms with Gasteiger partial charge in [-0.1, -0.05) is 36.4 Å². The topological polar surface area (TPSA) is 74.3 Å². The van der Waals surface area contributed by atoms with Crippen LogP contribution in [0.2, 0.25) is 0 Å². The van der Waals surface area contributed by atoms with E-state index in [9.17, 15) is 4.79 Å². The second-order valence-corrected chi connectivity index (χ2v) is 8.06. The maximum atomic E-state index is 13.0. The number of rotatable bonds is 4. The SMILES string of the molecule is C=C[C@H]1CN(C(=O)OCc2ccccc2)[C@]12CCCN(c1ncnc3[nH]ccc13)C2. The van der Waals surface area contributed by atoms with Crippen LogP contribution in [0.1, 0.15) is 18.4 Å². The van der Waals surface area contributed by atoms with Gasteiger partial charge < -0.3 is 14.6 Å². The number of anilines is 1. The number of aromatic nitrogens is 3. The summed E-state index contributed by atoms with van der Waals surface area (Å²) in [6.07, 6.45) is 7.10. The van der Waals surface area contributed by atoms with Crippen LogP contribution in [0.25, 0.3) is 11.0 Å². The lowest BCUT2D eigenvalue weighted by Gasteiger charge is -2.60. The molecule has 1 amide bonds. The first-order valence-corrected chi connectivity index (χ1v) is 10.4. The Bertz CT molecular complexity index is 1070. The Labute approximate surface area is 175 Å². The molecule has 1 N–H and O–H groups in total. The quantitative estimate of drug-likeness (QED) is 0.672. The molecule has 1 spiro atoms. The largest absolute Gasteiger partial charge is 0.445 e. The van der Waals surface area contributed by atoms with Crippen molar-refractivity contribution in [1.29, 1.82) is 0 Å². The van der Waals surface area contributed by atoms with Gasteiger partial charge in [-0.25, -0.2) is 14.8 Å². The summed E-state index contributed by atoms with van der Waals surface area (Å²) in [6, 6.07) is 11.8. The number of carbonyl (C=O) groups excluding carboxylic acids is 1. The third-order valence-corrected chi connectivity index (χ3v) is 6.45. The number of benzene rings is 1. The third kappa shape index (κ3) is 3.01. The van der Waals surface area contributed by atoms with Gasteiger partial charge in [0.25, 0.3) is 0 Å². The first-order valence-electron chi connectivity index (χ1n) is 10.4. The maximum absolute atomic E-state index is 13.0. The number of likely N-dealkylation sites (tertiary alicyclic amines) is 1. The monoisotopic (exact) mass is 403 g/mol. The highest BCUT2D eigenvalue weighted by Gasteiger charge is 2.56. The second-order valence-electron chi connectivity index (χ2n) is 8.06. The average Bonchev–Trinajstić information content (AvgIpc) is 3.27. The van der Waals surface area contributed by atoms with Gasteiger partial charge in [0.05, 0.1) is 10.9 Å². The zero-order valence-electron chi connectivity index (χ0n) is 16.8. The first-order chi connectivity index (χ1) is 14.7. The van der Waals surface area contributed by atoms with Crippen molar-refractivity contribution >= 4 is 22.9 Å². The fraction of sp³-hybridized carbons (Fsp3) is 0.348. The number of H-pyrrole nitrogens is 1. The minimum Gasteiger partial charge on any atom is -0.445 e. The second kappa shape index (κ2) is 7.48. The first kappa shape index (κ1) is 18.7. The zero-order chi connectivity index (χ0) is 20.6. The van der Waals surface area contributed by atoms with Crippen LogP contribution < -0.4 is 4.90 Å². The highest BCUT2D eigenvalue weighted by Crippen LogP contribution is 2.45. The molecule has 5 rings (SSSR count). The van der Waals surface area contributed by atoms with Crippen LogP contribution in [0.3, 0.4) is 0 Å². The highest BCUT2D eigenvalue weighted by molar-refractivity contribution is 5.87. The number of piperidine rings is 1. The average molecular weight is 403 g/mol. The smallest absolute Gasteiger partial charge is 0.410 e. The van der Waals surface area contributed by atoms with E-state index in [1.54, 1.807) is 6.33 Å². The van der Waals surface area contributed by atoms with Crippen LogP contribution in [-0.2, 0) is 11.3 Å². The fourth-order valence-corrected chi connectivity index (χ4v) is 4.86. The summed E-state index contributed by atoms with van der Waals surface area (Å²) in [5, 5.41) is 1.00. The van der Waals surface area contributed by atoms with Gasteiger partial charge >= 0.3 is 6.09 Å². The minimum absolute atomic E-state index is 0.244. The summed E-state index contributed by atoms with van der Waals surface area (Å²) in [6.45, 7) is 6.57. The summed E-state index contributed by atoms with van der Waals surface area (Å²) in [7, 11) is 0. The number of carbonyl (C=O) groups is 1. The molecule has 154 valence electrons. The molecule has 2 atom stereocenters. The van der Waals surface area contributed by atoms with E-state index in [0.29, 0.717) is 13.1 Å². The van der Waals surface area contributed by atoms with Crippen LogP contribution in [0.5, 0.6) is 0 Å². The van der Waals surface area contributed by atoms with Crippen LogP contribution >= 0.6 is 0 Å².